The van der Waals surface area contributed by atoms with E-state index in [0.717, 1.165) is 0 Å². The fourth-order valence-corrected chi connectivity index (χ4v) is 1.99. The fraction of sp³-hybridized carbons (Fsp3) is 0.308. The highest BCUT2D eigenvalue weighted by Crippen LogP contribution is 2.31. The highest BCUT2D eigenvalue weighted by atomic mass is 16.5. The lowest BCUT2D eigenvalue weighted by atomic mass is 9.96. The van der Waals surface area contributed by atoms with E-state index in [0.29, 0.717) is 0 Å². The van der Waals surface area contributed by atoms with Gasteiger partial charge in [0.2, 0.25) is 0 Å². The van der Waals surface area contributed by atoms with Crippen molar-refractivity contribution in [1.82, 2.24) is 0 Å². The van der Waals surface area contributed by atoms with E-state index in [1.807, 2.05) is 0 Å². The molecule has 1 aromatic carbocycles. The molecule has 1 aliphatic rings. The van der Waals surface area contributed by atoms with Gasteiger partial charge in [0.05, 0.1) is 17.9 Å². The van der Waals surface area contributed by atoms with Crippen molar-refractivity contribution >= 4 is 23.3 Å². The molecule has 7 heteroatoms. The third kappa shape index (κ3) is 2.28. The van der Waals surface area contributed by atoms with Gasteiger partial charge in [-0.2, -0.15) is 0 Å². The minimum Gasteiger partial charge on any atom is -0.464 e. The van der Waals surface area contributed by atoms with E-state index < -0.39 is 29.9 Å². The summed E-state index contributed by atoms with van der Waals surface area (Å²) in [5, 5.41) is 22.1. The Bertz CT molecular complexity index is 582. The van der Waals surface area contributed by atoms with E-state index in [9.17, 15) is 24.6 Å². The zero-order valence-corrected chi connectivity index (χ0v) is 10.6. The number of esters is 1. The lowest BCUT2D eigenvalue weighted by molar-refractivity contribution is -0.159. The van der Waals surface area contributed by atoms with Crippen LogP contribution in [0.15, 0.2) is 18.2 Å². The Morgan fingerprint density at radius 2 is 2.05 bits per heavy atom. The maximum atomic E-state index is 11.7. The topological polar surface area (TPSA) is 113 Å². The van der Waals surface area contributed by atoms with Crippen LogP contribution in [-0.2, 0) is 14.3 Å². The molecule has 2 rings (SSSR count). The number of carbonyl (C=O) groups excluding carboxylic acids is 3. The third-order valence-electron chi connectivity index (χ3n) is 2.92. The van der Waals surface area contributed by atoms with Crippen LogP contribution < -0.4 is 5.32 Å². The molecular weight excluding hydrogens is 266 g/mol. The predicted octanol–water partition coefficient (Wildman–Crippen LogP) is -0.221. The Labute approximate surface area is 114 Å². The number of Topliss-reactive ketones (excluding diaryl/α,β-unsaturated/α-hetero) is 1. The number of aliphatic hydroxyl groups excluding tert-OH is 2. The number of amides is 1. The predicted molar refractivity (Wildman–Crippen MR) is 67.0 cm³/mol. The van der Waals surface area contributed by atoms with Gasteiger partial charge in [0, 0.05) is 0 Å². The SMILES string of the molecule is CCOC(=O)C(O)C(O)c1cccc2c1C(=O)C(=O)N2. The number of aliphatic hydroxyl groups is 2. The molecule has 0 fully saturated rings. The molecular formula is C13H13NO6. The number of carbonyl (C=O) groups is 3. The largest absolute Gasteiger partial charge is 0.464 e. The summed E-state index contributed by atoms with van der Waals surface area (Å²) in [6.07, 6.45) is -3.48. The summed E-state index contributed by atoms with van der Waals surface area (Å²) in [5.74, 6) is -2.63. The van der Waals surface area contributed by atoms with Crippen molar-refractivity contribution in [1.29, 1.82) is 0 Å². The molecule has 0 bridgehead atoms. The van der Waals surface area contributed by atoms with Crippen LogP contribution in [0.4, 0.5) is 5.69 Å². The number of rotatable bonds is 4. The zero-order chi connectivity index (χ0) is 14.9. The molecule has 0 radical (unpaired) electrons. The van der Waals surface area contributed by atoms with E-state index in [1.54, 1.807) is 6.92 Å². The lowest BCUT2D eigenvalue weighted by Crippen LogP contribution is -2.30. The van der Waals surface area contributed by atoms with Crippen LogP contribution >= 0.6 is 0 Å². The molecule has 106 valence electrons. The number of benzene rings is 1. The normalized spacial score (nSPS) is 16.4. The quantitative estimate of drug-likeness (QED) is 0.518. The van der Waals surface area contributed by atoms with Crippen molar-refractivity contribution in [2.24, 2.45) is 0 Å². The number of nitrogens with one attached hydrogen (secondary N) is 1. The van der Waals surface area contributed by atoms with Gasteiger partial charge >= 0.3 is 5.97 Å². The van der Waals surface area contributed by atoms with Gasteiger partial charge in [-0.25, -0.2) is 4.79 Å². The maximum Gasteiger partial charge on any atom is 0.338 e. The second-order valence-electron chi connectivity index (χ2n) is 4.19. The molecule has 1 aliphatic heterocycles. The summed E-state index contributed by atoms with van der Waals surface area (Å²) in [4.78, 5) is 34.4. The van der Waals surface area contributed by atoms with E-state index in [1.165, 1.54) is 18.2 Å². The van der Waals surface area contributed by atoms with Gasteiger partial charge < -0.3 is 20.3 Å². The van der Waals surface area contributed by atoms with Gasteiger partial charge in [0.1, 0.15) is 6.10 Å². The van der Waals surface area contributed by atoms with E-state index in [2.05, 4.69) is 10.1 Å². The number of hydrogen-bond acceptors (Lipinski definition) is 6. The van der Waals surface area contributed by atoms with Crippen molar-refractivity contribution in [3.63, 3.8) is 0 Å². The van der Waals surface area contributed by atoms with Crippen LogP contribution in [0.3, 0.4) is 0 Å². The molecule has 3 N–H and O–H groups in total. The van der Waals surface area contributed by atoms with Gasteiger partial charge in [0.15, 0.2) is 6.10 Å². The minimum atomic E-state index is -1.83. The first-order valence-corrected chi connectivity index (χ1v) is 5.98. The molecule has 1 amide bonds. The average molecular weight is 279 g/mol. The fourth-order valence-electron chi connectivity index (χ4n) is 1.99. The first kappa shape index (κ1) is 14.2. The first-order valence-electron chi connectivity index (χ1n) is 5.98. The van der Waals surface area contributed by atoms with Crippen LogP contribution in [0, 0.1) is 0 Å². The maximum absolute atomic E-state index is 11.7. The Morgan fingerprint density at radius 3 is 2.70 bits per heavy atom. The summed E-state index contributed by atoms with van der Waals surface area (Å²) >= 11 is 0. The molecule has 1 heterocycles. The van der Waals surface area contributed by atoms with Crippen molar-refractivity contribution in [3.8, 4) is 0 Å². The highest BCUT2D eigenvalue weighted by molar-refractivity contribution is 6.52. The van der Waals surface area contributed by atoms with Gasteiger partial charge in [-0.1, -0.05) is 12.1 Å². The number of fused-ring (bicyclic) bond motifs is 1. The van der Waals surface area contributed by atoms with E-state index >= 15 is 0 Å². The molecule has 0 spiro atoms. The molecule has 0 saturated carbocycles. The molecule has 20 heavy (non-hydrogen) atoms. The lowest BCUT2D eigenvalue weighted by Gasteiger charge is -2.18. The average Bonchev–Trinajstić information content (AvgIpc) is 2.73. The van der Waals surface area contributed by atoms with E-state index in [-0.39, 0.29) is 23.4 Å². The standard InChI is InChI=1S/C13H13NO6/c1-2-20-13(19)11(17)9(15)6-4-3-5-7-8(6)10(16)12(18)14-7/h3-5,9,11,15,17H,2H2,1H3,(H,14,16,18). The number of ether oxygens (including phenoxy) is 1. The van der Waals surface area contributed by atoms with Crippen LogP contribution in [0.25, 0.3) is 0 Å². The van der Waals surface area contributed by atoms with Crippen molar-refractivity contribution < 1.29 is 29.3 Å². The first-order chi connectivity index (χ1) is 9.47. The minimum absolute atomic E-state index is 0.00593. The van der Waals surface area contributed by atoms with Gasteiger partial charge in [-0.05, 0) is 18.6 Å². The van der Waals surface area contributed by atoms with Crippen LogP contribution in [0.2, 0.25) is 0 Å². The van der Waals surface area contributed by atoms with Crippen molar-refractivity contribution in [2.75, 3.05) is 11.9 Å². The van der Waals surface area contributed by atoms with Gasteiger partial charge in [-0.15, -0.1) is 0 Å². The summed E-state index contributed by atoms with van der Waals surface area (Å²) in [6, 6.07) is 4.35. The second kappa shape index (κ2) is 5.40. The third-order valence-corrected chi connectivity index (χ3v) is 2.92. The zero-order valence-electron chi connectivity index (χ0n) is 10.6. The highest BCUT2D eigenvalue weighted by Gasteiger charge is 2.36. The van der Waals surface area contributed by atoms with Crippen LogP contribution in [-0.4, -0.2) is 40.6 Å². The summed E-state index contributed by atoms with van der Waals surface area (Å²) < 4.78 is 4.60. The Balaban J connectivity index is 2.35. The molecule has 0 aliphatic carbocycles. The number of anilines is 1. The Morgan fingerprint density at radius 1 is 1.35 bits per heavy atom. The molecule has 1 aromatic rings. The Hall–Kier alpha value is -2.25. The van der Waals surface area contributed by atoms with Gasteiger partial charge in [0.25, 0.3) is 11.7 Å². The Kier molecular flexibility index (Phi) is 3.82. The second-order valence-corrected chi connectivity index (χ2v) is 4.19. The van der Waals surface area contributed by atoms with Crippen molar-refractivity contribution in [2.45, 2.75) is 19.1 Å². The molecule has 0 saturated heterocycles. The number of hydrogen-bond donors (Lipinski definition) is 3. The molecule has 0 aromatic heterocycles. The van der Waals surface area contributed by atoms with Crippen LogP contribution in [0.5, 0.6) is 0 Å². The monoisotopic (exact) mass is 279 g/mol. The molecule has 7 nitrogen and oxygen atoms in total. The van der Waals surface area contributed by atoms with E-state index in [4.69, 9.17) is 0 Å². The van der Waals surface area contributed by atoms with Gasteiger partial charge in [-0.3, -0.25) is 9.59 Å². The summed E-state index contributed by atoms with van der Waals surface area (Å²) in [6.45, 7) is 1.61. The van der Waals surface area contributed by atoms with Crippen LogP contribution in [0.1, 0.15) is 28.9 Å². The molecule has 2 atom stereocenters. The summed E-state index contributed by atoms with van der Waals surface area (Å²) in [7, 11) is 0. The summed E-state index contributed by atoms with van der Waals surface area (Å²) in [5.41, 5.74) is 0.215. The van der Waals surface area contributed by atoms with Crippen molar-refractivity contribution in [3.05, 3.63) is 29.3 Å². The molecule has 2 unspecified atom stereocenters. The number of ketones is 1. The smallest absolute Gasteiger partial charge is 0.338 e.